The van der Waals surface area contributed by atoms with Crippen molar-refractivity contribution in [3.8, 4) is 0 Å². The second-order valence-electron chi connectivity index (χ2n) is 4.84. The van der Waals surface area contributed by atoms with Crippen LogP contribution < -0.4 is 4.90 Å². The molecule has 1 aromatic heterocycles. The van der Waals surface area contributed by atoms with E-state index in [2.05, 4.69) is 28.7 Å². The Morgan fingerprint density at radius 2 is 1.87 bits per heavy atom. The number of nitrogens with zero attached hydrogens (tertiary/aromatic N) is 3. The molecule has 3 nitrogen and oxygen atoms in total. The molecule has 0 spiro atoms. The second-order valence-corrected chi connectivity index (χ2v) is 4.84. The van der Waals surface area contributed by atoms with E-state index in [-0.39, 0.29) is 0 Å². The Hall–Kier alpha value is -1.12. The summed E-state index contributed by atoms with van der Waals surface area (Å²) in [5, 5.41) is 0. The van der Waals surface area contributed by atoms with Gasteiger partial charge in [-0.3, -0.25) is 0 Å². The number of fused-ring (bicyclic) bond motifs is 1. The quantitative estimate of drug-likeness (QED) is 0.733. The molecule has 3 heteroatoms. The van der Waals surface area contributed by atoms with E-state index in [1.54, 1.807) is 0 Å². The van der Waals surface area contributed by atoms with Crippen LogP contribution in [-0.2, 0) is 6.42 Å². The van der Waals surface area contributed by atoms with Crippen LogP contribution >= 0.6 is 0 Å². The van der Waals surface area contributed by atoms with E-state index in [1.807, 2.05) is 12.4 Å². The molecule has 2 fully saturated rings. The molecule has 0 radical (unpaired) electrons. The maximum Gasteiger partial charge on any atom is 0.225 e. The molecule has 0 N–H and O–H groups in total. The van der Waals surface area contributed by atoms with Crippen molar-refractivity contribution in [2.75, 3.05) is 18.0 Å². The summed E-state index contributed by atoms with van der Waals surface area (Å²) in [6.45, 7) is 6.81. The van der Waals surface area contributed by atoms with Crippen molar-refractivity contribution in [1.29, 1.82) is 0 Å². The van der Waals surface area contributed by atoms with Crippen LogP contribution in [-0.4, -0.2) is 23.1 Å². The van der Waals surface area contributed by atoms with Crippen LogP contribution in [0.15, 0.2) is 12.4 Å². The summed E-state index contributed by atoms with van der Waals surface area (Å²) in [7, 11) is 0. The van der Waals surface area contributed by atoms with E-state index in [1.165, 1.54) is 5.56 Å². The van der Waals surface area contributed by atoms with E-state index in [9.17, 15) is 0 Å². The first-order valence-electron chi connectivity index (χ1n) is 5.85. The number of hydrogen-bond acceptors (Lipinski definition) is 3. The second kappa shape index (κ2) is 3.19. The molecule has 3 rings (SSSR count). The SMILES string of the molecule is CCc1cnc(N2C[C@@H]3C(C)[C@@H]3C2)nc1. The Balaban J connectivity index is 1.72. The van der Waals surface area contributed by atoms with Crippen molar-refractivity contribution in [2.45, 2.75) is 20.3 Å². The predicted octanol–water partition coefficient (Wildman–Crippen LogP) is 1.74. The zero-order chi connectivity index (χ0) is 10.4. The average Bonchev–Trinajstić information content (AvgIpc) is 2.74. The summed E-state index contributed by atoms with van der Waals surface area (Å²) in [5.74, 6) is 3.70. The lowest BCUT2D eigenvalue weighted by molar-refractivity contribution is 0.676. The zero-order valence-corrected chi connectivity index (χ0v) is 9.35. The van der Waals surface area contributed by atoms with Crippen molar-refractivity contribution in [3.63, 3.8) is 0 Å². The number of aryl methyl sites for hydroxylation is 1. The lowest BCUT2D eigenvalue weighted by Crippen LogP contribution is -2.25. The van der Waals surface area contributed by atoms with E-state index >= 15 is 0 Å². The van der Waals surface area contributed by atoms with Crippen LogP contribution in [0.4, 0.5) is 5.95 Å². The maximum absolute atomic E-state index is 4.43. The van der Waals surface area contributed by atoms with E-state index < -0.39 is 0 Å². The number of anilines is 1. The molecule has 1 saturated heterocycles. The molecule has 0 bridgehead atoms. The molecular weight excluding hydrogens is 186 g/mol. The predicted molar refractivity (Wildman–Crippen MR) is 59.8 cm³/mol. The van der Waals surface area contributed by atoms with Crippen LogP contribution in [0.2, 0.25) is 0 Å². The van der Waals surface area contributed by atoms with Crippen molar-refractivity contribution >= 4 is 5.95 Å². The minimum absolute atomic E-state index is 0.916. The number of piperidine rings is 1. The Morgan fingerprint density at radius 3 is 2.40 bits per heavy atom. The van der Waals surface area contributed by atoms with Gasteiger partial charge in [-0.2, -0.15) is 0 Å². The van der Waals surface area contributed by atoms with Gasteiger partial charge in [-0.15, -0.1) is 0 Å². The first-order chi connectivity index (χ1) is 7.29. The minimum atomic E-state index is 0.916. The topological polar surface area (TPSA) is 29.0 Å². The third-order valence-corrected chi connectivity index (χ3v) is 4.00. The Morgan fingerprint density at radius 1 is 1.27 bits per heavy atom. The Kier molecular flexibility index (Phi) is 1.94. The third kappa shape index (κ3) is 1.41. The van der Waals surface area contributed by atoms with Gasteiger partial charge in [0.05, 0.1) is 0 Å². The van der Waals surface area contributed by atoms with Crippen molar-refractivity contribution < 1.29 is 0 Å². The van der Waals surface area contributed by atoms with Crippen molar-refractivity contribution in [1.82, 2.24) is 9.97 Å². The molecule has 1 aliphatic carbocycles. The molecule has 0 aromatic carbocycles. The largest absolute Gasteiger partial charge is 0.340 e. The highest BCUT2D eigenvalue weighted by Crippen LogP contribution is 2.51. The van der Waals surface area contributed by atoms with Gasteiger partial charge in [0.15, 0.2) is 0 Å². The lowest BCUT2D eigenvalue weighted by Gasteiger charge is -2.18. The van der Waals surface area contributed by atoms with Gasteiger partial charge in [-0.25, -0.2) is 9.97 Å². The summed E-state index contributed by atoms with van der Waals surface area (Å²) in [5.41, 5.74) is 1.22. The lowest BCUT2D eigenvalue weighted by atomic mass is 10.3. The normalized spacial score (nSPS) is 32.9. The van der Waals surface area contributed by atoms with Crippen LogP contribution in [0.5, 0.6) is 0 Å². The van der Waals surface area contributed by atoms with E-state index in [0.717, 1.165) is 43.2 Å². The van der Waals surface area contributed by atoms with Crippen LogP contribution in [0.1, 0.15) is 19.4 Å². The van der Waals surface area contributed by atoms with Gasteiger partial charge in [0.25, 0.3) is 0 Å². The van der Waals surface area contributed by atoms with Crippen LogP contribution in [0.3, 0.4) is 0 Å². The van der Waals surface area contributed by atoms with E-state index in [0.29, 0.717) is 0 Å². The minimum Gasteiger partial charge on any atom is -0.340 e. The molecule has 2 heterocycles. The maximum atomic E-state index is 4.43. The fraction of sp³-hybridized carbons (Fsp3) is 0.667. The molecule has 1 aromatic rings. The van der Waals surface area contributed by atoms with E-state index in [4.69, 9.17) is 0 Å². The molecule has 1 aliphatic heterocycles. The van der Waals surface area contributed by atoms with Crippen LogP contribution in [0, 0.1) is 17.8 Å². The number of rotatable bonds is 2. The Bertz CT molecular complexity index is 348. The molecule has 80 valence electrons. The van der Waals surface area contributed by atoms with Gasteiger partial charge in [0.1, 0.15) is 0 Å². The highest BCUT2D eigenvalue weighted by Gasteiger charge is 2.53. The molecule has 3 atom stereocenters. The summed E-state index contributed by atoms with van der Waals surface area (Å²) in [6, 6.07) is 0. The molecule has 15 heavy (non-hydrogen) atoms. The van der Waals surface area contributed by atoms with Gasteiger partial charge in [0.2, 0.25) is 5.95 Å². The molecule has 1 saturated carbocycles. The summed E-state index contributed by atoms with van der Waals surface area (Å²) in [4.78, 5) is 11.2. The smallest absolute Gasteiger partial charge is 0.225 e. The van der Waals surface area contributed by atoms with Crippen molar-refractivity contribution in [3.05, 3.63) is 18.0 Å². The molecule has 2 aliphatic rings. The van der Waals surface area contributed by atoms with Gasteiger partial charge in [-0.05, 0) is 29.7 Å². The fourth-order valence-corrected chi connectivity index (χ4v) is 2.68. The summed E-state index contributed by atoms with van der Waals surface area (Å²) >= 11 is 0. The molecule has 1 unspecified atom stereocenters. The molecule has 0 amide bonds. The zero-order valence-electron chi connectivity index (χ0n) is 9.35. The first-order valence-corrected chi connectivity index (χ1v) is 5.85. The standard InChI is InChI=1S/C12H17N3/c1-3-9-4-13-12(14-5-9)15-6-10-8(2)11(10)7-15/h4-5,8,10-11H,3,6-7H2,1-2H3/t8?,10-,11+. The fourth-order valence-electron chi connectivity index (χ4n) is 2.68. The number of hydrogen-bond donors (Lipinski definition) is 0. The third-order valence-electron chi connectivity index (χ3n) is 4.00. The van der Waals surface area contributed by atoms with Gasteiger partial charge < -0.3 is 4.90 Å². The highest BCUT2D eigenvalue weighted by molar-refractivity contribution is 5.35. The first kappa shape index (κ1) is 9.13. The summed E-state index contributed by atoms with van der Waals surface area (Å²) < 4.78 is 0. The number of aromatic nitrogens is 2. The van der Waals surface area contributed by atoms with Gasteiger partial charge >= 0.3 is 0 Å². The molecular formula is C12H17N3. The average molecular weight is 203 g/mol. The highest BCUT2D eigenvalue weighted by atomic mass is 15.3. The van der Waals surface area contributed by atoms with Crippen molar-refractivity contribution in [2.24, 2.45) is 17.8 Å². The van der Waals surface area contributed by atoms with Gasteiger partial charge in [0, 0.05) is 25.5 Å². The monoisotopic (exact) mass is 203 g/mol. The van der Waals surface area contributed by atoms with Crippen LogP contribution in [0.25, 0.3) is 0 Å². The summed E-state index contributed by atoms with van der Waals surface area (Å²) in [6.07, 6.45) is 4.92. The van der Waals surface area contributed by atoms with Gasteiger partial charge in [-0.1, -0.05) is 13.8 Å². The Labute approximate surface area is 90.5 Å².